The molecule has 0 aromatic heterocycles. The van der Waals surface area contributed by atoms with Crippen LogP contribution in [0.2, 0.25) is 0 Å². The Bertz CT molecular complexity index is 940. The summed E-state index contributed by atoms with van der Waals surface area (Å²) in [6, 6.07) is 36.4. The third kappa shape index (κ3) is 6.73. The first-order valence-corrected chi connectivity index (χ1v) is 10.4. The maximum atomic E-state index is 5.86. The van der Waals surface area contributed by atoms with Gasteiger partial charge in [0.1, 0.15) is 24.7 Å². The molecule has 0 amide bonds. The van der Waals surface area contributed by atoms with Crippen LogP contribution >= 0.6 is 0 Å². The van der Waals surface area contributed by atoms with Gasteiger partial charge in [0.25, 0.3) is 0 Å². The van der Waals surface area contributed by atoms with E-state index in [-0.39, 0.29) is 0 Å². The molecule has 0 aliphatic heterocycles. The van der Waals surface area contributed by atoms with Gasteiger partial charge in [0.15, 0.2) is 0 Å². The van der Waals surface area contributed by atoms with Crippen LogP contribution in [0, 0.1) is 0 Å². The van der Waals surface area contributed by atoms with Crippen molar-refractivity contribution in [3.8, 4) is 11.5 Å². The van der Waals surface area contributed by atoms with Gasteiger partial charge in [-0.1, -0.05) is 84.9 Å². The van der Waals surface area contributed by atoms with Gasteiger partial charge in [-0.3, -0.25) is 0 Å². The van der Waals surface area contributed by atoms with Crippen LogP contribution in [0.3, 0.4) is 0 Å². The molecule has 3 nitrogen and oxygen atoms in total. The molecule has 0 saturated heterocycles. The fraction of sp³-hybridized carbons (Fsp3) is 0.143. The number of rotatable bonds is 10. The zero-order chi connectivity index (χ0) is 21.1. The summed E-state index contributed by atoms with van der Waals surface area (Å²) in [4.78, 5) is 0. The first kappa shape index (κ1) is 20.7. The Morgan fingerprint density at radius 2 is 0.710 bits per heavy atom. The lowest BCUT2D eigenvalue weighted by Gasteiger charge is -2.09. The van der Waals surface area contributed by atoms with E-state index >= 15 is 0 Å². The summed E-state index contributed by atoms with van der Waals surface area (Å²) in [6.45, 7) is 2.26. The van der Waals surface area contributed by atoms with Gasteiger partial charge in [-0.2, -0.15) is 0 Å². The Morgan fingerprint density at radius 1 is 0.355 bits per heavy atom. The molecule has 3 heteroatoms. The summed E-state index contributed by atoms with van der Waals surface area (Å²) in [5.74, 6) is 1.72. The van der Waals surface area contributed by atoms with Gasteiger partial charge in [0.05, 0.1) is 13.2 Å². The first-order chi connectivity index (χ1) is 15.3. The Balaban J connectivity index is 1.18. The smallest absolute Gasteiger partial charge is 0.119 e. The van der Waals surface area contributed by atoms with Crippen molar-refractivity contribution >= 4 is 0 Å². The number of hydrogen-bond donors (Lipinski definition) is 0. The summed E-state index contributed by atoms with van der Waals surface area (Å²) >= 11 is 0. The van der Waals surface area contributed by atoms with E-state index in [1.807, 2.05) is 84.9 Å². The predicted molar refractivity (Wildman–Crippen MR) is 123 cm³/mol. The number of hydrogen-bond acceptors (Lipinski definition) is 3. The maximum Gasteiger partial charge on any atom is 0.119 e. The van der Waals surface area contributed by atoms with Crippen LogP contribution in [0.4, 0.5) is 0 Å². The molecule has 4 aromatic rings. The minimum atomic E-state index is 0.561. The Morgan fingerprint density at radius 3 is 1.10 bits per heavy atom. The number of benzene rings is 4. The maximum absolute atomic E-state index is 5.86. The van der Waals surface area contributed by atoms with Crippen LogP contribution in [0.15, 0.2) is 109 Å². The Labute approximate surface area is 183 Å². The topological polar surface area (TPSA) is 27.7 Å². The molecule has 0 radical (unpaired) electrons. The Kier molecular flexibility index (Phi) is 7.35. The molecule has 0 N–H and O–H groups in total. The predicted octanol–water partition coefficient (Wildman–Crippen LogP) is 6.56. The average Bonchev–Trinajstić information content (AvgIpc) is 2.84. The second-order valence-electron chi connectivity index (χ2n) is 7.33. The lowest BCUT2D eigenvalue weighted by atomic mass is 10.2. The quantitative estimate of drug-likeness (QED) is 0.296. The largest absolute Gasteiger partial charge is 0.489 e. The molecule has 0 fully saturated rings. The minimum absolute atomic E-state index is 0.561. The molecule has 31 heavy (non-hydrogen) atoms. The van der Waals surface area contributed by atoms with Crippen LogP contribution in [-0.2, 0) is 31.2 Å². The van der Waals surface area contributed by atoms with E-state index in [9.17, 15) is 0 Å². The third-order valence-corrected chi connectivity index (χ3v) is 4.88. The van der Waals surface area contributed by atoms with Crippen molar-refractivity contribution < 1.29 is 14.2 Å². The zero-order valence-corrected chi connectivity index (χ0v) is 17.4. The van der Waals surface area contributed by atoms with Gasteiger partial charge in [-0.15, -0.1) is 0 Å². The van der Waals surface area contributed by atoms with Gasteiger partial charge in [-0.05, 0) is 46.5 Å². The van der Waals surface area contributed by atoms with Crippen LogP contribution in [0.25, 0.3) is 0 Å². The van der Waals surface area contributed by atoms with E-state index in [1.54, 1.807) is 0 Å². The summed E-state index contributed by atoms with van der Waals surface area (Å²) in [5, 5.41) is 0. The highest BCUT2D eigenvalue weighted by molar-refractivity contribution is 5.29. The van der Waals surface area contributed by atoms with Crippen molar-refractivity contribution in [1.29, 1.82) is 0 Å². The molecule has 0 aliphatic rings. The molecule has 0 saturated carbocycles. The normalized spacial score (nSPS) is 10.6. The molecule has 0 spiro atoms. The van der Waals surface area contributed by atoms with E-state index in [0.717, 1.165) is 33.8 Å². The molecule has 0 unspecified atom stereocenters. The van der Waals surface area contributed by atoms with Crippen molar-refractivity contribution in [2.24, 2.45) is 0 Å². The highest BCUT2D eigenvalue weighted by atomic mass is 16.5. The van der Waals surface area contributed by atoms with Crippen molar-refractivity contribution in [2.45, 2.75) is 26.4 Å². The first-order valence-electron chi connectivity index (χ1n) is 10.4. The molecular formula is C28H26O3. The van der Waals surface area contributed by atoms with E-state index in [1.165, 1.54) is 0 Å². The highest BCUT2D eigenvalue weighted by Crippen LogP contribution is 2.17. The standard InChI is InChI=1S/C28H26O3/c1-3-7-23(8-4-1)21-30-27-15-11-25(12-16-27)19-29-20-26-13-17-28(18-14-26)31-22-24-9-5-2-6-10-24/h1-18H,19-22H2. The Hall–Kier alpha value is -3.56. The van der Waals surface area contributed by atoms with E-state index in [4.69, 9.17) is 14.2 Å². The molecule has 4 aromatic carbocycles. The van der Waals surface area contributed by atoms with Crippen LogP contribution in [0.5, 0.6) is 11.5 Å². The van der Waals surface area contributed by atoms with Gasteiger partial charge >= 0.3 is 0 Å². The highest BCUT2D eigenvalue weighted by Gasteiger charge is 2.00. The van der Waals surface area contributed by atoms with Crippen molar-refractivity contribution in [3.05, 3.63) is 131 Å². The van der Waals surface area contributed by atoms with Gasteiger partial charge < -0.3 is 14.2 Å². The summed E-state index contributed by atoms with van der Waals surface area (Å²) in [6.07, 6.45) is 0. The van der Waals surface area contributed by atoms with Crippen molar-refractivity contribution in [1.82, 2.24) is 0 Å². The average molecular weight is 411 g/mol. The second kappa shape index (κ2) is 11.0. The van der Waals surface area contributed by atoms with E-state index in [0.29, 0.717) is 26.4 Å². The fourth-order valence-electron chi connectivity index (χ4n) is 3.13. The third-order valence-electron chi connectivity index (χ3n) is 4.88. The second-order valence-corrected chi connectivity index (χ2v) is 7.33. The summed E-state index contributed by atoms with van der Waals surface area (Å²) in [7, 11) is 0. The molecular weight excluding hydrogens is 384 g/mol. The van der Waals surface area contributed by atoms with Gasteiger partial charge in [0.2, 0.25) is 0 Å². The van der Waals surface area contributed by atoms with E-state index < -0.39 is 0 Å². The molecule has 0 heterocycles. The van der Waals surface area contributed by atoms with Crippen LogP contribution in [0.1, 0.15) is 22.3 Å². The van der Waals surface area contributed by atoms with E-state index in [2.05, 4.69) is 24.3 Å². The summed E-state index contributed by atoms with van der Waals surface area (Å²) < 4.78 is 17.5. The SMILES string of the molecule is c1ccc(COc2ccc(COCc3ccc(OCc4ccccc4)cc3)cc2)cc1. The molecule has 0 bridgehead atoms. The molecule has 156 valence electrons. The van der Waals surface area contributed by atoms with Crippen LogP contribution < -0.4 is 9.47 Å². The van der Waals surface area contributed by atoms with Crippen molar-refractivity contribution in [2.75, 3.05) is 0 Å². The molecule has 0 aliphatic carbocycles. The molecule has 4 rings (SSSR count). The summed E-state index contributed by atoms with van der Waals surface area (Å²) in [5.41, 5.74) is 4.56. The minimum Gasteiger partial charge on any atom is -0.489 e. The lowest BCUT2D eigenvalue weighted by molar-refractivity contribution is 0.107. The molecule has 0 atom stereocenters. The monoisotopic (exact) mass is 410 g/mol. The van der Waals surface area contributed by atoms with Gasteiger partial charge in [0, 0.05) is 0 Å². The number of ether oxygens (including phenoxy) is 3. The van der Waals surface area contributed by atoms with Crippen molar-refractivity contribution in [3.63, 3.8) is 0 Å². The van der Waals surface area contributed by atoms with Crippen LogP contribution in [-0.4, -0.2) is 0 Å². The lowest BCUT2D eigenvalue weighted by Crippen LogP contribution is -1.97. The van der Waals surface area contributed by atoms with Gasteiger partial charge in [-0.25, -0.2) is 0 Å². The zero-order valence-electron chi connectivity index (χ0n) is 17.4. The fourth-order valence-corrected chi connectivity index (χ4v) is 3.13.